The molecular formula is C10H13NO5S. The van der Waals surface area contributed by atoms with Crippen molar-refractivity contribution >= 4 is 16.0 Å². The number of aliphatic hydroxyl groups is 1. The quantitative estimate of drug-likeness (QED) is 0.693. The van der Waals surface area contributed by atoms with Crippen LogP contribution < -0.4 is 4.72 Å². The summed E-state index contributed by atoms with van der Waals surface area (Å²) in [4.78, 5) is 10.6. The van der Waals surface area contributed by atoms with E-state index in [-0.39, 0.29) is 17.1 Å². The number of aromatic carboxylic acids is 1. The molecular weight excluding hydrogens is 246 g/mol. The van der Waals surface area contributed by atoms with E-state index in [9.17, 15) is 13.2 Å². The Morgan fingerprint density at radius 2 is 2.00 bits per heavy atom. The van der Waals surface area contributed by atoms with Crippen molar-refractivity contribution in [2.24, 2.45) is 0 Å². The molecule has 0 aliphatic carbocycles. The van der Waals surface area contributed by atoms with E-state index in [1.165, 1.54) is 31.2 Å². The lowest BCUT2D eigenvalue weighted by atomic mass is 10.2. The number of benzene rings is 1. The number of carboxylic acids is 1. The number of nitrogens with one attached hydrogen (secondary N) is 1. The highest BCUT2D eigenvalue weighted by molar-refractivity contribution is 7.89. The van der Waals surface area contributed by atoms with Gasteiger partial charge in [0.15, 0.2) is 0 Å². The van der Waals surface area contributed by atoms with Crippen molar-refractivity contribution in [3.05, 3.63) is 29.8 Å². The van der Waals surface area contributed by atoms with E-state index in [1.54, 1.807) is 0 Å². The van der Waals surface area contributed by atoms with E-state index in [0.717, 1.165) is 0 Å². The molecule has 1 atom stereocenters. The highest BCUT2D eigenvalue weighted by Crippen LogP contribution is 2.15. The number of sulfonamides is 1. The van der Waals surface area contributed by atoms with Gasteiger partial charge in [-0.15, -0.1) is 0 Å². The zero-order valence-electron chi connectivity index (χ0n) is 9.12. The van der Waals surface area contributed by atoms with Gasteiger partial charge in [0, 0.05) is 6.04 Å². The Bertz CT molecular complexity index is 511. The number of hydrogen-bond donors (Lipinski definition) is 3. The Balaban J connectivity index is 3.20. The average molecular weight is 259 g/mol. The van der Waals surface area contributed by atoms with Gasteiger partial charge in [-0.3, -0.25) is 0 Å². The van der Waals surface area contributed by atoms with Gasteiger partial charge in [-0.2, -0.15) is 0 Å². The zero-order valence-corrected chi connectivity index (χ0v) is 9.94. The molecule has 94 valence electrons. The summed E-state index contributed by atoms with van der Waals surface area (Å²) in [6.07, 6.45) is 0. The first-order valence-corrected chi connectivity index (χ1v) is 6.32. The number of rotatable bonds is 5. The molecule has 1 aromatic rings. The molecule has 0 aliphatic rings. The van der Waals surface area contributed by atoms with E-state index >= 15 is 0 Å². The SMILES string of the molecule is C[C@@H](CO)NS(=O)(=O)c1ccccc1C(=O)O. The van der Waals surface area contributed by atoms with Crippen molar-refractivity contribution in [3.63, 3.8) is 0 Å². The Labute approximate surface area is 99.0 Å². The molecule has 3 N–H and O–H groups in total. The van der Waals surface area contributed by atoms with Crippen LogP contribution in [0.2, 0.25) is 0 Å². The molecule has 0 saturated carbocycles. The third-order valence-electron chi connectivity index (χ3n) is 2.04. The second-order valence-electron chi connectivity index (χ2n) is 3.51. The van der Waals surface area contributed by atoms with Gasteiger partial charge >= 0.3 is 5.97 Å². The molecule has 0 heterocycles. The molecule has 7 heteroatoms. The van der Waals surface area contributed by atoms with Gasteiger partial charge in [0.2, 0.25) is 10.0 Å². The molecule has 0 bridgehead atoms. The first kappa shape index (κ1) is 13.6. The van der Waals surface area contributed by atoms with Crippen LogP contribution in [0.15, 0.2) is 29.2 Å². The summed E-state index contributed by atoms with van der Waals surface area (Å²) in [6.45, 7) is 1.11. The molecule has 1 aromatic carbocycles. The van der Waals surface area contributed by atoms with Gasteiger partial charge in [-0.1, -0.05) is 12.1 Å². The first-order valence-electron chi connectivity index (χ1n) is 4.84. The molecule has 17 heavy (non-hydrogen) atoms. The molecule has 0 amide bonds. The Morgan fingerprint density at radius 3 is 2.53 bits per heavy atom. The van der Waals surface area contributed by atoms with Crippen molar-refractivity contribution in [2.45, 2.75) is 17.9 Å². The summed E-state index contributed by atoms with van der Waals surface area (Å²) in [5, 5.41) is 17.7. The third kappa shape index (κ3) is 3.26. The lowest BCUT2D eigenvalue weighted by Gasteiger charge is -2.12. The van der Waals surface area contributed by atoms with Crippen LogP contribution in [0.3, 0.4) is 0 Å². The zero-order chi connectivity index (χ0) is 13.1. The molecule has 0 aromatic heterocycles. The van der Waals surface area contributed by atoms with Crippen molar-refractivity contribution in [1.82, 2.24) is 4.72 Å². The summed E-state index contributed by atoms with van der Waals surface area (Å²) in [5.74, 6) is -1.32. The van der Waals surface area contributed by atoms with Crippen LogP contribution >= 0.6 is 0 Å². The molecule has 0 aliphatic heterocycles. The van der Waals surface area contributed by atoms with Crippen LogP contribution in [0.5, 0.6) is 0 Å². The fraction of sp³-hybridized carbons (Fsp3) is 0.300. The van der Waals surface area contributed by atoms with Gasteiger partial charge in [0.25, 0.3) is 0 Å². The minimum Gasteiger partial charge on any atom is -0.478 e. The second-order valence-corrected chi connectivity index (χ2v) is 5.19. The summed E-state index contributed by atoms with van der Waals surface area (Å²) in [7, 11) is -3.94. The van der Waals surface area contributed by atoms with Crippen molar-refractivity contribution in [3.8, 4) is 0 Å². The van der Waals surface area contributed by atoms with Gasteiger partial charge < -0.3 is 10.2 Å². The highest BCUT2D eigenvalue weighted by Gasteiger charge is 2.22. The Kier molecular flexibility index (Phi) is 4.22. The van der Waals surface area contributed by atoms with Gasteiger partial charge in [0.05, 0.1) is 17.1 Å². The third-order valence-corrected chi connectivity index (χ3v) is 3.68. The number of hydrogen-bond acceptors (Lipinski definition) is 4. The van der Waals surface area contributed by atoms with Crippen LogP contribution in [0, 0.1) is 0 Å². The van der Waals surface area contributed by atoms with Gasteiger partial charge in [0.1, 0.15) is 0 Å². The molecule has 1 rings (SSSR count). The summed E-state index contributed by atoms with van der Waals surface area (Å²) in [6, 6.07) is 4.61. The first-order chi connectivity index (χ1) is 7.88. The van der Waals surface area contributed by atoms with Crippen LogP contribution in [-0.4, -0.2) is 37.2 Å². The second kappa shape index (κ2) is 5.26. The minimum atomic E-state index is -3.94. The van der Waals surface area contributed by atoms with Crippen molar-refractivity contribution in [2.75, 3.05) is 6.61 Å². The average Bonchev–Trinajstić information content (AvgIpc) is 2.28. The predicted molar refractivity (Wildman–Crippen MR) is 60.3 cm³/mol. The van der Waals surface area contributed by atoms with E-state index in [2.05, 4.69) is 4.72 Å². The van der Waals surface area contributed by atoms with Crippen LogP contribution in [0.4, 0.5) is 0 Å². The maximum atomic E-state index is 11.8. The smallest absolute Gasteiger partial charge is 0.337 e. The summed E-state index contributed by atoms with van der Waals surface area (Å²) >= 11 is 0. The Morgan fingerprint density at radius 1 is 1.41 bits per heavy atom. The maximum absolute atomic E-state index is 11.8. The van der Waals surface area contributed by atoms with E-state index in [1.807, 2.05) is 0 Å². The molecule has 0 fully saturated rings. The molecule has 0 radical (unpaired) electrons. The maximum Gasteiger partial charge on any atom is 0.337 e. The standard InChI is InChI=1S/C10H13NO5S/c1-7(6-12)11-17(15,16)9-5-3-2-4-8(9)10(13)14/h2-5,7,11-12H,6H2,1H3,(H,13,14)/t7-/m0/s1. The number of carbonyl (C=O) groups is 1. The minimum absolute atomic E-state index is 0.301. The summed E-state index contributed by atoms with van der Waals surface area (Å²) < 4.78 is 25.9. The molecule has 0 saturated heterocycles. The molecule has 0 spiro atoms. The fourth-order valence-electron chi connectivity index (χ4n) is 1.24. The van der Waals surface area contributed by atoms with Crippen molar-refractivity contribution < 1.29 is 23.4 Å². The topological polar surface area (TPSA) is 104 Å². The van der Waals surface area contributed by atoms with Gasteiger partial charge in [-0.05, 0) is 19.1 Å². The normalized spacial score (nSPS) is 13.3. The number of aliphatic hydroxyl groups excluding tert-OH is 1. The lowest BCUT2D eigenvalue weighted by molar-refractivity contribution is 0.0692. The van der Waals surface area contributed by atoms with Gasteiger partial charge in [-0.25, -0.2) is 17.9 Å². The molecule has 6 nitrogen and oxygen atoms in total. The largest absolute Gasteiger partial charge is 0.478 e. The van der Waals surface area contributed by atoms with Crippen LogP contribution in [0.25, 0.3) is 0 Å². The van der Waals surface area contributed by atoms with Crippen LogP contribution in [0.1, 0.15) is 17.3 Å². The predicted octanol–water partition coefficient (Wildman–Crippen LogP) is 0.0439. The summed E-state index contributed by atoms with van der Waals surface area (Å²) in [5.41, 5.74) is -0.301. The van der Waals surface area contributed by atoms with Crippen LogP contribution in [-0.2, 0) is 10.0 Å². The van der Waals surface area contributed by atoms with Crippen molar-refractivity contribution in [1.29, 1.82) is 0 Å². The number of carboxylic acid groups (broad SMARTS) is 1. The Hall–Kier alpha value is -1.44. The molecule has 0 unspecified atom stereocenters. The highest BCUT2D eigenvalue weighted by atomic mass is 32.2. The lowest BCUT2D eigenvalue weighted by Crippen LogP contribution is -2.35. The van der Waals surface area contributed by atoms with E-state index in [0.29, 0.717) is 0 Å². The fourth-order valence-corrected chi connectivity index (χ4v) is 2.68. The monoisotopic (exact) mass is 259 g/mol. The van der Waals surface area contributed by atoms with E-state index < -0.39 is 22.0 Å². The van der Waals surface area contributed by atoms with E-state index in [4.69, 9.17) is 10.2 Å².